The Hall–Kier alpha value is -1.89. The highest BCUT2D eigenvalue weighted by Crippen LogP contribution is 2.13. The summed E-state index contributed by atoms with van der Waals surface area (Å²) < 4.78 is 31.7. The van der Waals surface area contributed by atoms with Gasteiger partial charge in [0.25, 0.3) is 5.91 Å². The van der Waals surface area contributed by atoms with E-state index in [-0.39, 0.29) is 5.91 Å². The Labute approximate surface area is 123 Å². The molecule has 1 saturated heterocycles. The van der Waals surface area contributed by atoms with E-state index in [1.807, 2.05) is 0 Å². The van der Waals surface area contributed by atoms with Crippen molar-refractivity contribution in [1.82, 2.24) is 15.3 Å². The average Bonchev–Trinajstić information content (AvgIpc) is 2.77. The molecule has 126 valence electrons. The topological polar surface area (TPSA) is 110 Å². The first-order valence-corrected chi connectivity index (χ1v) is 6.10. The van der Waals surface area contributed by atoms with E-state index in [1.165, 1.54) is 11.3 Å². The van der Waals surface area contributed by atoms with Gasteiger partial charge in [-0.05, 0) is 0 Å². The van der Waals surface area contributed by atoms with E-state index in [0.29, 0.717) is 18.8 Å². The van der Waals surface area contributed by atoms with Crippen molar-refractivity contribution in [3.8, 4) is 0 Å². The van der Waals surface area contributed by atoms with Gasteiger partial charge in [0.2, 0.25) is 0 Å². The number of likely N-dealkylation sites (N-methyl/N-ethyl adjacent to an activating group) is 1. The van der Waals surface area contributed by atoms with Crippen molar-refractivity contribution in [3.05, 3.63) is 17.1 Å². The van der Waals surface area contributed by atoms with E-state index in [2.05, 4.69) is 5.32 Å². The molecule has 1 amide bonds. The summed E-state index contributed by atoms with van der Waals surface area (Å²) >= 11 is 0. The molecule has 1 unspecified atom stereocenters. The average molecular weight is 328 g/mol. The number of carbonyl (C=O) groups excluding carboxylic acids is 1. The second kappa shape index (κ2) is 7.40. The van der Waals surface area contributed by atoms with Crippen LogP contribution in [-0.4, -0.2) is 66.3 Å². The second-order valence-electron chi connectivity index (χ2n) is 4.28. The smallest absolute Gasteiger partial charge is 0.490 e. The number of alkyl halides is 3. The zero-order chi connectivity index (χ0) is 16.9. The summed E-state index contributed by atoms with van der Waals surface area (Å²) in [5.74, 6) is -2.91. The van der Waals surface area contributed by atoms with Crippen LogP contribution in [0.2, 0.25) is 0 Å². The van der Waals surface area contributed by atoms with Crippen LogP contribution >= 0.6 is 0 Å². The van der Waals surface area contributed by atoms with Crippen molar-refractivity contribution in [2.24, 2.45) is 0 Å². The predicted octanol–water partition coefficient (Wildman–Crippen LogP) is -1.93. The third kappa shape index (κ3) is 5.14. The van der Waals surface area contributed by atoms with Crippen molar-refractivity contribution in [2.75, 3.05) is 33.2 Å². The van der Waals surface area contributed by atoms with E-state index < -0.39 is 17.4 Å². The fraction of sp³-hybridized carbons (Fsp3) is 0.600. The molecule has 2 rings (SSSR count). The minimum absolute atomic E-state index is 0.148. The van der Waals surface area contributed by atoms with Crippen LogP contribution in [0.3, 0.4) is 0 Å². The number of hydrogen-bond acceptors (Lipinski definition) is 6. The highest BCUT2D eigenvalue weighted by molar-refractivity contribution is 5.92. The molecule has 12 heteroatoms. The first-order valence-electron chi connectivity index (χ1n) is 6.10. The van der Waals surface area contributed by atoms with Crippen LogP contribution < -0.4 is 10.5 Å². The minimum Gasteiger partial charge on any atom is -0.593 e. The van der Waals surface area contributed by atoms with Crippen molar-refractivity contribution in [3.63, 3.8) is 0 Å². The first kappa shape index (κ1) is 18.2. The van der Waals surface area contributed by atoms with Gasteiger partial charge in [-0.1, -0.05) is 4.94 Å². The van der Waals surface area contributed by atoms with Gasteiger partial charge >= 0.3 is 12.1 Å². The van der Waals surface area contributed by atoms with Crippen LogP contribution in [0, 0.1) is 5.21 Å². The molecule has 0 aromatic carbocycles. The summed E-state index contributed by atoms with van der Waals surface area (Å²) in [4.78, 5) is 27.2. The van der Waals surface area contributed by atoms with Crippen molar-refractivity contribution < 1.29 is 38.0 Å². The molecule has 0 aromatic heterocycles. The zero-order valence-electron chi connectivity index (χ0n) is 11.5. The number of nitrogens with zero attached hydrogens (tertiary/aromatic N) is 2. The summed E-state index contributed by atoms with van der Waals surface area (Å²) in [6.07, 6.45) is -3.86. The van der Waals surface area contributed by atoms with Crippen molar-refractivity contribution >= 4 is 11.9 Å². The molecule has 2 aliphatic rings. The first-order chi connectivity index (χ1) is 10.1. The fourth-order valence-electron chi connectivity index (χ4n) is 1.64. The highest BCUT2D eigenvalue weighted by atomic mass is 19.4. The Balaban J connectivity index is 0.000000295. The van der Waals surface area contributed by atoms with Gasteiger partial charge in [0, 0.05) is 33.2 Å². The highest BCUT2D eigenvalue weighted by Gasteiger charge is 2.38. The van der Waals surface area contributed by atoms with E-state index in [1.54, 1.807) is 11.9 Å². The monoisotopic (exact) mass is 328 g/mol. The standard InChI is InChI=1S/C8H14N4O3.C2HF3O2/c1-10-7(6-12(14)15-10)8(13)11-4-2-9-3-5-11;3-2(4,5)1(6)7/h6,9,12H,2-5H2,1H3;(H,6,7). The lowest BCUT2D eigenvalue weighted by Crippen LogP contribution is -3.00. The van der Waals surface area contributed by atoms with E-state index in [4.69, 9.17) is 14.8 Å². The summed E-state index contributed by atoms with van der Waals surface area (Å²) in [7, 11) is 1.55. The summed E-state index contributed by atoms with van der Waals surface area (Å²) in [5, 5.41) is 21.9. The number of piperazine rings is 1. The molecular formula is C10H15F3N4O5. The zero-order valence-corrected chi connectivity index (χ0v) is 11.5. The molecule has 3 N–H and O–H groups in total. The number of amides is 1. The van der Waals surface area contributed by atoms with Gasteiger partial charge < -0.3 is 20.5 Å². The number of hydrogen-bond donors (Lipinski definition) is 3. The van der Waals surface area contributed by atoms with Gasteiger partial charge in [-0.25, -0.2) is 4.79 Å². The minimum atomic E-state index is -5.08. The van der Waals surface area contributed by atoms with Crippen LogP contribution in [0.25, 0.3) is 0 Å². The Morgan fingerprint density at radius 2 is 1.91 bits per heavy atom. The number of carbonyl (C=O) groups is 2. The number of halogens is 3. The van der Waals surface area contributed by atoms with Crippen molar-refractivity contribution in [1.29, 1.82) is 0 Å². The molecule has 2 heterocycles. The normalized spacial score (nSPS) is 21.9. The van der Waals surface area contributed by atoms with E-state index >= 15 is 0 Å². The Morgan fingerprint density at radius 3 is 2.27 bits per heavy atom. The molecule has 0 bridgehead atoms. The number of aliphatic carboxylic acids is 1. The van der Waals surface area contributed by atoms with Crippen molar-refractivity contribution in [2.45, 2.75) is 6.18 Å². The molecule has 1 fully saturated rings. The molecule has 0 saturated carbocycles. The maximum atomic E-state index is 11.9. The fourth-order valence-corrected chi connectivity index (χ4v) is 1.64. The molecule has 0 spiro atoms. The largest absolute Gasteiger partial charge is 0.593 e. The number of nitrogens with one attached hydrogen (secondary N) is 2. The van der Waals surface area contributed by atoms with Crippen LogP contribution in [-0.2, 0) is 14.5 Å². The Bertz CT molecular complexity index is 450. The maximum Gasteiger partial charge on any atom is 0.490 e. The van der Waals surface area contributed by atoms with Crippen LogP contribution in [0.1, 0.15) is 0 Å². The van der Waals surface area contributed by atoms with E-state index in [0.717, 1.165) is 13.1 Å². The third-order valence-corrected chi connectivity index (χ3v) is 2.69. The third-order valence-electron chi connectivity index (χ3n) is 2.69. The molecule has 0 aromatic rings. The lowest BCUT2D eigenvalue weighted by molar-refractivity contribution is -1.03. The van der Waals surface area contributed by atoms with Gasteiger partial charge in [0.15, 0.2) is 11.9 Å². The summed E-state index contributed by atoms with van der Waals surface area (Å²) in [6, 6.07) is 0. The second-order valence-corrected chi connectivity index (χ2v) is 4.28. The van der Waals surface area contributed by atoms with Gasteiger partial charge in [-0.3, -0.25) is 4.79 Å². The number of carboxylic acid groups (broad SMARTS) is 1. The lowest BCUT2D eigenvalue weighted by atomic mass is 10.3. The van der Waals surface area contributed by atoms with E-state index in [9.17, 15) is 23.2 Å². The SMILES string of the molecule is CN1O[NH+]([O-])C=C1C(=O)N1CCNCC1.O=C(O)C(F)(F)F. The molecule has 1 atom stereocenters. The molecule has 2 aliphatic heterocycles. The van der Waals surface area contributed by atoms with Gasteiger partial charge in [-0.2, -0.15) is 23.5 Å². The maximum absolute atomic E-state index is 11.9. The predicted molar refractivity (Wildman–Crippen MR) is 64.4 cm³/mol. The molecular weight excluding hydrogens is 313 g/mol. The molecule has 0 radical (unpaired) electrons. The molecule has 0 aliphatic carbocycles. The summed E-state index contributed by atoms with van der Waals surface area (Å²) in [5.41, 5.74) is 0.307. The number of rotatable bonds is 1. The number of quaternary nitrogens is 1. The van der Waals surface area contributed by atoms with Crippen LogP contribution in [0.15, 0.2) is 11.9 Å². The summed E-state index contributed by atoms with van der Waals surface area (Å²) in [6.45, 7) is 2.91. The quantitative estimate of drug-likeness (QED) is 0.481. The number of carboxylic acids is 1. The van der Waals surface area contributed by atoms with Crippen LogP contribution in [0.5, 0.6) is 0 Å². The molecule has 9 nitrogen and oxygen atoms in total. The Kier molecular flexibility index (Phi) is 6.11. The van der Waals surface area contributed by atoms with Gasteiger partial charge in [0.05, 0.1) is 0 Å². The Morgan fingerprint density at radius 1 is 1.41 bits per heavy atom. The van der Waals surface area contributed by atoms with Gasteiger partial charge in [-0.15, -0.1) is 0 Å². The van der Waals surface area contributed by atoms with Crippen LogP contribution in [0.4, 0.5) is 13.2 Å². The lowest BCUT2D eigenvalue weighted by Gasteiger charge is -2.27. The number of hydroxylamine groups is 4. The molecule has 22 heavy (non-hydrogen) atoms. The van der Waals surface area contributed by atoms with Gasteiger partial charge in [0.1, 0.15) is 0 Å².